The first-order valence-electron chi connectivity index (χ1n) is 8.11. The van der Waals surface area contributed by atoms with Gasteiger partial charge in [0.05, 0.1) is 16.8 Å². The largest absolute Gasteiger partial charge is 0.384 e. The van der Waals surface area contributed by atoms with Crippen LogP contribution in [-0.4, -0.2) is 10.3 Å². The van der Waals surface area contributed by atoms with Crippen LogP contribution in [0, 0.1) is 47.8 Å². The zero-order valence-electron chi connectivity index (χ0n) is 15.2. The third-order valence-corrected chi connectivity index (χ3v) is 5.02. The number of nitrogen functional groups attached to an aromatic ring is 1. The molecule has 0 radical (unpaired) electrons. The predicted octanol–water partition coefficient (Wildman–Crippen LogP) is 3.42. The molecule has 0 spiro atoms. The van der Waals surface area contributed by atoms with Crippen molar-refractivity contribution in [3.05, 3.63) is 62.4 Å². The first-order chi connectivity index (χ1) is 12.9. The fourth-order valence-corrected chi connectivity index (χ4v) is 3.62. The number of nitrogens with zero attached hydrogens (tertiary/aromatic N) is 4. The van der Waals surface area contributed by atoms with Crippen LogP contribution in [0.5, 0.6) is 0 Å². The van der Waals surface area contributed by atoms with Gasteiger partial charge in [-0.3, -0.25) is 9.36 Å². The summed E-state index contributed by atoms with van der Waals surface area (Å²) in [6.07, 6.45) is 0. The molecule has 0 aliphatic carbocycles. The molecule has 134 valence electrons. The van der Waals surface area contributed by atoms with Gasteiger partial charge in [-0.1, -0.05) is 24.6 Å². The fourth-order valence-electron chi connectivity index (χ4n) is 2.71. The predicted molar refractivity (Wildman–Crippen MR) is 107 cm³/mol. The molecule has 0 bridgehead atoms. The summed E-state index contributed by atoms with van der Waals surface area (Å²) in [6.45, 7) is 5.38. The number of pyridine rings is 1. The fraction of sp³-hybridized carbons (Fsp3) is 0.200. The number of nitriles is 3. The summed E-state index contributed by atoms with van der Waals surface area (Å²) in [7, 11) is 0. The number of hydrogen-bond donors (Lipinski definition) is 1. The van der Waals surface area contributed by atoms with Crippen LogP contribution >= 0.6 is 11.8 Å². The smallest absolute Gasteiger partial charge is 0.265 e. The average Bonchev–Trinajstić information content (AvgIpc) is 2.64. The number of benzene rings is 1. The summed E-state index contributed by atoms with van der Waals surface area (Å²) >= 11 is 1.22. The lowest BCUT2D eigenvalue weighted by molar-refractivity contribution is 0.982. The minimum absolute atomic E-state index is 0.0314. The molecule has 1 aromatic carbocycles. The molecule has 2 N–H and O–H groups in total. The van der Waals surface area contributed by atoms with E-state index >= 15 is 0 Å². The standard InChI is InChI=1S/C20H17N5OS/c1-4-27-18(14(9-21)10-22)17-13(3)16(11-23)19(24)25(20(17)26)15-7-5-12(2)6-8-15/h5-8H,4,24H2,1-3H3. The maximum absolute atomic E-state index is 13.3. The van der Waals surface area contributed by atoms with Crippen molar-refractivity contribution in [2.75, 3.05) is 11.5 Å². The Balaban J connectivity index is 3.03. The van der Waals surface area contributed by atoms with Gasteiger partial charge in [-0.2, -0.15) is 15.8 Å². The summed E-state index contributed by atoms with van der Waals surface area (Å²) in [5.74, 6) is 0.585. The number of nitrogens with two attached hydrogens (primary N) is 1. The third-order valence-electron chi connectivity index (χ3n) is 4.03. The number of aryl methyl sites for hydroxylation is 1. The second-order valence-corrected chi connectivity index (χ2v) is 6.98. The molecule has 0 unspecified atom stereocenters. The Labute approximate surface area is 161 Å². The van der Waals surface area contributed by atoms with Gasteiger partial charge in [0.2, 0.25) is 0 Å². The molecule has 27 heavy (non-hydrogen) atoms. The molecule has 0 amide bonds. The molecule has 0 aliphatic heterocycles. The normalized spacial score (nSPS) is 9.78. The molecule has 0 aliphatic rings. The van der Waals surface area contributed by atoms with E-state index in [1.807, 2.05) is 44.2 Å². The molecule has 7 heteroatoms. The van der Waals surface area contributed by atoms with Crippen molar-refractivity contribution in [1.29, 1.82) is 15.8 Å². The van der Waals surface area contributed by atoms with E-state index in [9.17, 15) is 20.6 Å². The van der Waals surface area contributed by atoms with E-state index in [0.29, 0.717) is 17.0 Å². The monoisotopic (exact) mass is 375 g/mol. The highest BCUT2D eigenvalue weighted by atomic mass is 32.2. The van der Waals surface area contributed by atoms with Gasteiger partial charge in [0.15, 0.2) is 0 Å². The van der Waals surface area contributed by atoms with E-state index in [1.54, 1.807) is 19.1 Å². The van der Waals surface area contributed by atoms with Gasteiger partial charge in [-0.25, -0.2) is 0 Å². The summed E-state index contributed by atoms with van der Waals surface area (Å²) in [4.78, 5) is 13.6. The third kappa shape index (κ3) is 3.58. The Morgan fingerprint density at radius 1 is 1.15 bits per heavy atom. The van der Waals surface area contributed by atoms with Gasteiger partial charge in [0, 0.05) is 4.91 Å². The topological polar surface area (TPSA) is 119 Å². The number of thioether (sulfide) groups is 1. The molecule has 0 fully saturated rings. The van der Waals surface area contributed by atoms with Crippen LogP contribution in [-0.2, 0) is 0 Å². The molecule has 1 heterocycles. The first-order valence-corrected chi connectivity index (χ1v) is 9.09. The summed E-state index contributed by atoms with van der Waals surface area (Å²) in [5, 5.41) is 28.2. The molecule has 0 saturated heterocycles. The molecule has 1 aromatic heterocycles. The highest BCUT2D eigenvalue weighted by Crippen LogP contribution is 2.33. The number of hydrogen-bond acceptors (Lipinski definition) is 6. The Kier molecular flexibility index (Phi) is 6.08. The van der Waals surface area contributed by atoms with Crippen LogP contribution in [0.2, 0.25) is 0 Å². The van der Waals surface area contributed by atoms with Crippen molar-refractivity contribution in [2.45, 2.75) is 20.8 Å². The number of rotatable bonds is 4. The average molecular weight is 375 g/mol. The maximum Gasteiger partial charge on any atom is 0.265 e. The molecule has 2 aromatic rings. The second kappa shape index (κ2) is 8.27. The number of aromatic nitrogens is 1. The highest BCUT2D eigenvalue weighted by Gasteiger charge is 2.23. The lowest BCUT2D eigenvalue weighted by atomic mass is 10.0. The van der Waals surface area contributed by atoms with Gasteiger partial charge >= 0.3 is 0 Å². The molecule has 2 rings (SSSR count). The van der Waals surface area contributed by atoms with Crippen LogP contribution in [0.3, 0.4) is 0 Å². The highest BCUT2D eigenvalue weighted by molar-refractivity contribution is 8.08. The first kappa shape index (κ1) is 19.8. The molecule has 0 saturated carbocycles. The van der Waals surface area contributed by atoms with Gasteiger partial charge < -0.3 is 5.73 Å². The van der Waals surface area contributed by atoms with E-state index in [2.05, 4.69) is 0 Å². The Hall–Kier alpha value is -3.47. The van der Waals surface area contributed by atoms with Crippen LogP contribution in [0.25, 0.3) is 10.6 Å². The zero-order valence-corrected chi connectivity index (χ0v) is 16.0. The van der Waals surface area contributed by atoms with Crippen molar-refractivity contribution in [3.63, 3.8) is 0 Å². The molecule has 0 atom stereocenters. The van der Waals surface area contributed by atoms with E-state index in [4.69, 9.17) is 5.73 Å². The Morgan fingerprint density at radius 3 is 2.22 bits per heavy atom. The Bertz CT molecular complexity index is 1090. The van der Waals surface area contributed by atoms with Crippen molar-refractivity contribution < 1.29 is 0 Å². The number of anilines is 1. The van der Waals surface area contributed by atoms with E-state index in [0.717, 1.165) is 5.56 Å². The molecule has 6 nitrogen and oxygen atoms in total. The molecular formula is C20H17N5OS. The second-order valence-electron chi connectivity index (χ2n) is 5.71. The number of allylic oxidation sites excluding steroid dienone is 1. The van der Waals surface area contributed by atoms with Gasteiger partial charge in [0.1, 0.15) is 29.6 Å². The maximum atomic E-state index is 13.3. The molecular weight excluding hydrogens is 358 g/mol. The summed E-state index contributed by atoms with van der Waals surface area (Å²) in [6, 6.07) is 12.9. The van der Waals surface area contributed by atoms with Crippen molar-refractivity contribution in [3.8, 4) is 23.9 Å². The van der Waals surface area contributed by atoms with Gasteiger partial charge in [-0.05, 0) is 37.3 Å². The van der Waals surface area contributed by atoms with Crippen LogP contribution < -0.4 is 11.3 Å². The van der Waals surface area contributed by atoms with Crippen LogP contribution in [0.1, 0.15) is 29.2 Å². The quantitative estimate of drug-likeness (QED) is 0.818. The SMILES string of the molecule is CCSC(=C(C#N)C#N)c1c(C)c(C#N)c(N)n(-c2ccc(C)cc2)c1=O. The van der Waals surface area contributed by atoms with Crippen molar-refractivity contribution in [1.82, 2.24) is 4.57 Å². The van der Waals surface area contributed by atoms with Crippen molar-refractivity contribution in [2.24, 2.45) is 0 Å². The minimum atomic E-state index is -0.466. The Morgan fingerprint density at radius 2 is 1.74 bits per heavy atom. The zero-order chi connectivity index (χ0) is 20.1. The van der Waals surface area contributed by atoms with Gasteiger partial charge in [-0.15, -0.1) is 11.8 Å². The van der Waals surface area contributed by atoms with Gasteiger partial charge in [0.25, 0.3) is 5.56 Å². The summed E-state index contributed by atoms with van der Waals surface area (Å²) < 4.78 is 1.25. The van der Waals surface area contributed by atoms with Crippen LogP contribution in [0.15, 0.2) is 34.6 Å². The lowest BCUT2D eigenvalue weighted by Gasteiger charge is -2.18. The minimum Gasteiger partial charge on any atom is -0.384 e. The summed E-state index contributed by atoms with van der Waals surface area (Å²) in [5.41, 5.74) is 7.70. The van der Waals surface area contributed by atoms with E-state index < -0.39 is 5.56 Å². The lowest BCUT2D eigenvalue weighted by Crippen LogP contribution is -2.27. The van der Waals surface area contributed by atoms with Crippen molar-refractivity contribution >= 4 is 22.5 Å². The van der Waals surface area contributed by atoms with Crippen LogP contribution in [0.4, 0.5) is 5.82 Å². The van der Waals surface area contributed by atoms with E-state index in [1.165, 1.54) is 16.3 Å². The van der Waals surface area contributed by atoms with E-state index in [-0.39, 0.29) is 27.4 Å².